The van der Waals surface area contributed by atoms with Gasteiger partial charge in [-0.15, -0.1) is 0 Å². The van der Waals surface area contributed by atoms with Gasteiger partial charge in [-0.25, -0.2) is 0 Å². The highest BCUT2D eigenvalue weighted by molar-refractivity contribution is 8.13. The molecule has 0 fully saturated rings. The van der Waals surface area contributed by atoms with Crippen LogP contribution in [0.15, 0.2) is 83.7 Å². The SMILES string of the molecule is Cc1ccccc1CSC(=O)C(Cc1cc(=O)[nH]c2ccccc12)NC(=O)c1ccc(Cl)cc1. The average molecular weight is 491 g/mol. The van der Waals surface area contributed by atoms with Crippen LogP contribution in [0.4, 0.5) is 0 Å². The number of halogens is 1. The Morgan fingerprint density at radius 1 is 0.971 bits per heavy atom. The van der Waals surface area contributed by atoms with Crippen LogP contribution in [0, 0.1) is 6.92 Å². The van der Waals surface area contributed by atoms with Crippen LogP contribution in [0.25, 0.3) is 10.9 Å². The first-order valence-electron chi connectivity index (χ1n) is 10.8. The number of nitrogens with one attached hydrogen (secondary N) is 2. The fourth-order valence-electron chi connectivity index (χ4n) is 3.72. The van der Waals surface area contributed by atoms with Crippen LogP contribution in [0.5, 0.6) is 0 Å². The van der Waals surface area contributed by atoms with E-state index in [1.807, 2.05) is 55.5 Å². The molecular weight excluding hydrogens is 468 g/mol. The topological polar surface area (TPSA) is 79.0 Å². The Kier molecular flexibility index (Phi) is 7.50. The molecule has 0 aliphatic carbocycles. The number of para-hydroxylation sites is 1. The lowest BCUT2D eigenvalue weighted by Gasteiger charge is -2.19. The summed E-state index contributed by atoms with van der Waals surface area (Å²) in [7, 11) is 0. The molecular formula is C27H23ClN2O3S. The minimum atomic E-state index is -0.817. The molecule has 7 heteroatoms. The lowest BCUT2D eigenvalue weighted by atomic mass is 10.0. The molecule has 3 aromatic carbocycles. The second-order valence-electron chi connectivity index (χ2n) is 7.98. The minimum Gasteiger partial charge on any atom is -0.341 e. The van der Waals surface area contributed by atoms with Crippen LogP contribution < -0.4 is 10.9 Å². The Morgan fingerprint density at radius 2 is 1.68 bits per heavy atom. The van der Waals surface area contributed by atoms with Gasteiger partial charge in [-0.3, -0.25) is 14.4 Å². The first-order chi connectivity index (χ1) is 16.4. The highest BCUT2D eigenvalue weighted by Crippen LogP contribution is 2.22. The first kappa shape index (κ1) is 23.8. The number of hydrogen-bond donors (Lipinski definition) is 2. The summed E-state index contributed by atoms with van der Waals surface area (Å²) in [5.74, 6) is 0.121. The number of carbonyl (C=O) groups is 2. The van der Waals surface area contributed by atoms with Gasteiger partial charge in [-0.2, -0.15) is 0 Å². The Morgan fingerprint density at radius 3 is 2.44 bits per heavy atom. The molecule has 4 rings (SSSR count). The lowest BCUT2D eigenvalue weighted by molar-refractivity contribution is -0.112. The Labute approximate surface area is 206 Å². The molecule has 1 amide bonds. The van der Waals surface area contributed by atoms with Gasteiger partial charge in [0.05, 0.1) is 0 Å². The van der Waals surface area contributed by atoms with E-state index < -0.39 is 6.04 Å². The van der Waals surface area contributed by atoms with E-state index in [1.54, 1.807) is 24.3 Å². The monoisotopic (exact) mass is 490 g/mol. The maximum Gasteiger partial charge on any atom is 0.251 e. The summed E-state index contributed by atoms with van der Waals surface area (Å²) >= 11 is 7.10. The summed E-state index contributed by atoms with van der Waals surface area (Å²) in [4.78, 5) is 41.3. The second kappa shape index (κ2) is 10.7. The maximum atomic E-state index is 13.3. The highest BCUT2D eigenvalue weighted by Gasteiger charge is 2.24. The number of fused-ring (bicyclic) bond motifs is 1. The van der Waals surface area contributed by atoms with Crippen LogP contribution in [-0.2, 0) is 17.0 Å². The predicted molar refractivity (Wildman–Crippen MR) is 138 cm³/mol. The van der Waals surface area contributed by atoms with Crippen molar-refractivity contribution in [2.75, 3.05) is 0 Å². The van der Waals surface area contributed by atoms with Gasteiger partial charge in [-0.05, 0) is 53.9 Å². The molecule has 0 radical (unpaired) electrons. The molecule has 0 spiro atoms. The van der Waals surface area contributed by atoms with Crippen LogP contribution in [0.3, 0.4) is 0 Å². The molecule has 5 nitrogen and oxygen atoms in total. The largest absolute Gasteiger partial charge is 0.341 e. The van der Waals surface area contributed by atoms with Gasteiger partial charge in [0.25, 0.3) is 5.91 Å². The number of thioether (sulfide) groups is 1. The minimum absolute atomic E-state index is 0.171. The van der Waals surface area contributed by atoms with Gasteiger partial charge < -0.3 is 10.3 Å². The van der Waals surface area contributed by atoms with E-state index in [-0.39, 0.29) is 23.0 Å². The first-order valence-corrected chi connectivity index (χ1v) is 12.2. The molecule has 172 valence electrons. The van der Waals surface area contributed by atoms with E-state index in [2.05, 4.69) is 10.3 Å². The van der Waals surface area contributed by atoms with Crippen molar-refractivity contribution in [1.82, 2.24) is 10.3 Å². The molecule has 0 saturated heterocycles. The van der Waals surface area contributed by atoms with Gasteiger partial charge in [-0.1, -0.05) is 65.8 Å². The smallest absolute Gasteiger partial charge is 0.251 e. The number of aromatic amines is 1. The number of pyridine rings is 1. The third kappa shape index (κ3) is 5.76. The molecule has 0 saturated carbocycles. The number of carbonyl (C=O) groups excluding carboxylic acids is 2. The number of rotatable bonds is 7. The van der Waals surface area contributed by atoms with Gasteiger partial charge in [0.15, 0.2) is 0 Å². The summed E-state index contributed by atoms with van der Waals surface area (Å²) in [5, 5.41) is 4.06. The number of hydrogen-bond acceptors (Lipinski definition) is 4. The van der Waals surface area contributed by atoms with Gasteiger partial charge in [0.1, 0.15) is 6.04 Å². The Balaban J connectivity index is 1.61. The van der Waals surface area contributed by atoms with Crippen molar-refractivity contribution in [3.63, 3.8) is 0 Å². The van der Waals surface area contributed by atoms with E-state index in [9.17, 15) is 14.4 Å². The molecule has 0 aliphatic heterocycles. The number of amides is 1. The molecule has 1 heterocycles. The number of H-pyrrole nitrogens is 1. The molecule has 34 heavy (non-hydrogen) atoms. The zero-order valence-electron chi connectivity index (χ0n) is 18.5. The third-order valence-electron chi connectivity index (χ3n) is 5.59. The Bertz CT molecular complexity index is 1400. The zero-order chi connectivity index (χ0) is 24.1. The molecule has 0 bridgehead atoms. The van der Waals surface area contributed by atoms with Crippen molar-refractivity contribution in [2.24, 2.45) is 0 Å². The second-order valence-corrected chi connectivity index (χ2v) is 9.39. The molecule has 4 aromatic rings. The molecule has 1 unspecified atom stereocenters. The van der Waals surface area contributed by atoms with Crippen LogP contribution in [0.1, 0.15) is 27.0 Å². The van der Waals surface area contributed by atoms with Gasteiger partial charge >= 0.3 is 0 Å². The summed E-state index contributed by atoms with van der Waals surface area (Å²) in [6, 6.07) is 22.5. The number of aromatic nitrogens is 1. The van der Waals surface area contributed by atoms with Crippen molar-refractivity contribution in [1.29, 1.82) is 0 Å². The lowest BCUT2D eigenvalue weighted by Crippen LogP contribution is -2.41. The molecule has 1 aromatic heterocycles. The van der Waals surface area contributed by atoms with Crippen LogP contribution in [0.2, 0.25) is 5.02 Å². The van der Waals surface area contributed by atoms with Crippen molar-refractivity contribution < 1.29 is 9.59 Å². The number of aryl methyl sites for hydroxylation is 1. The molecule has 0 aliphatic rings. The summed E-state index contributed by atoms with van der Waals surface area (Å²) in [6.07, 6.45) is 0.198. The summed E-state index contributed by atoms with van der Waals surface area (Å²) < 4.78 is 0. The van der Waals surface area contributed by atoms with Crippen molar-refractivity contribution in [3.05, 3.63) is 116 Å². The van der Waals surface area contributed by atoms with Crippen LogP contribution >= 0.6 is 23.4 Å². The zero-order valence-corrected chi connectivity index (χ0v) is 20.1. The van der Waals surface area contributed by atoms with E-state index in [4.69, 9.17) is 11.6 Å². The average Bonchev–Trinajstić information content (AvgIpc) is 2.83. The molecule has 1 atom stereocenters. The van der Waals surface area contributed by atoms with Gasteiger partial charge in [0, 0.05) is 39.7 Å². The fourth-order valence-corrected chi connectivity index (χ4v) is 4.81. The van der Waals surface area contributed by atoms with Crippen molar-refractivity contribution >= 4 is 45.3 Å². The van der Waals surface area contributed by atoms with E-state index in [0.717, 1.165) is 28.3 Å². The van der Waals surface area contributed by atoms with E-state index >= 15 is 0 Å². The maximum absolute atomic E-state index is 13.3. The number of benzene rings is 3. The quantitative estimate of drug-likeness (QED) is 0.369. The predicted octanol–water partition coefficient (Wildman–Crippen LogP) is 5.29. The van der Waals surface area contributed by atoms with Crippen molar-refractivity contribution in [2.45, 2.75) is 25.1 Å². The summed E-state index contributed by atoms with van der Waals surface area (Å²) in [6.45, 7) is 2.00. The highest BCUT2D eigenvalue weighted by atomic mass is 35.5. The van der Waals surface area contributed by atoms with Gasteiger partial charge in [0.2, 0.25) is 10.7 Å². The normalized spacial score (nSPS) is 11.8. The third-order valence-corrected chi connectivity index (χ3v) is 6.86. The molecule has 2 N–H and O–H groups in total. The van der Waals surface area contributed by atoms with E-state index in [1.165, 1.54) is 6.07 Å². The van der Waals surface area contributed by atoms with E-state index in [0.29, 0.717) is 27.4 Å². The standard InChI is InChI=1S/C27H23ClN2O3S/c1-17-6-2-3-7-19(17)16-34-27(33)24(30-26(32)18-10-12-21(28)13-11-18)14-20-15-25(31)29-23-9-5-4-8-22(20)23/h2-13,15,24H,14,16H2,1H3,(H,29,31)(H,30,32). The van der Waals surface area contributed by atoms with Crippen molar-refractivity contribution in [3.8, 4) is 0 Å². The fraction of sp³-hybridized carbons (Fsp3) is 0.148. The Hall–Kier alpha value is -3.35. The summed E-state index contributed by atoms with van der Waals surface area (Å²) in [5.41, 5.74) is 3.70. The van der Waals surface area contributed by atoms with Crippen LogP contribution in [-0.4, -0.2) is 22.0 Å².